The topological polar surface area (TPSA) is 32.3 Å². The van der Waals surface area contributed by atoms with Crippen LogP contribution in [0.2, 0.25) is 0 Å². The minimum atomic E-state index is -0.251. The Balaban J connectivity index is 2.59. The number of nitrogens with zero attached hydrogens (tertiary/aromatic N) is 1. The average molecular weight is 300 g/mol. The van der Waals surface area contributed by atoms with Crippen LogP contribution >= 0.6 is 12.2 Å². The first-order chi connectivity index (χ1) is 10.1. The van der Waals surface area contributed by atoms with E-state index in [1.807, 2.05) is 31.2 Å². The molecule has 1 N–H and O–H groups in total. The van der Waals surface area contributed by atoms with Gasteiger partial charge in [0, 0.05) is 19.2 Å². The second kappa shape index (κ2) is 8.87. The van der Waals surface area contributed by atoms with Crippen molar-refractivity contribution in [2.45, 2.75) is 6.92 Å². The zero-order valence-electron chi connectivity index (χ0n) is 12.2. The lowest BCUT2D eigenvalue weighted by Crippen LogP contribution is -2.42. The molecule has 0 aliphatic rings. The van der Waals surface area contributed by atoms with E-state index in [1.54, 1.807) is 23.1 Å². The Kier molecular flexibility index (Phi) is 7.12. The molecular formula is C17H20N2OS. The van der Waals surface area contributed by atoms with E-state index in [9.17, 15) is 4.79 Å². The minimum absolute atomic E-state index is 0.251. The predicted octanol–water partition coefficient (Wildman–Crippen LogP) is 3.08. The third-order valence-electron chi connectivity index (χ3n) is 2.72. The SMILES string of the molecule is C=CCN(CC=C)C(=S)NC(=O)/C=C\c1ccc(C)cc1. The molecule has 4 heteroatoms. The van der Waals surface area contributed by atoms with Crippen LogP contribution in [-0.2, 0) is 4.79 Å². The van der Waals surface area contributed by atoms with Crippen LogP contribution in [0.5, 0.6) is 0 Å². The standard InChI is InChI=1S/C17H20N2OS/c1-4-12-19(13-5-2)17(21)18-16(20)11-10-15-8-6-14(3)7-9-15/h4-11H,1-2,12-13H2,3H3,(H,18,20,21)/b11-10-. The van der Waals surface area contributed by atoms with Crippen LogP contribution in [0.1, 0.15) is 11.1 Å². The molecule has 0 atom stereocenters. The molecule has 1 amide bonds. The van der Waals surface area contributed by atoms with Crippen LogP contribution in [-0.4, -0.2) is 29.0 Å². The molecule has 0 unspecified atom stereocenters. The van der Waals surface area contributed by atoms with E-state index < -0.39 is 0 Å². The number of nitrogens with one attached hydrogen (secondary N) is 1. The lowest BCUT2D eigenvalue weighted by atomic mass is 10.1. The summed E-state index contributed by atoms with van der Waals surface area (Å²) in [6.07, 6.45) is 6.67. The monoisotopic (exact) mass is 300 g/mol. The quantitative estimate of drug-likeness (QED) is 0.498. The fourth-order valence-electron chi connectivity index (χ4n) is 1.63. The Bertz CT molecular complexity index is 536. The van der Waals surface area contributed by atoms with Crippen LogP contribution in [0.25, 0.3) is 6.08 Å². The highest BCUT2D eigenvalue weighted by molar-refractivity contribution is 7.80. The minimum Gasteiger partial charge on any atom is -0.342 e. The molecule has 0 aliphatic carbocycles. The number of hydrogen-bond acceptors (Lipinski definition) is 2. The van der Waals surface area contributed by atoms with Gasteiger partial charge >= 0.3 is 0 Å². The molecule has 0 aromatic heterocycles. The summed E-state index contributed by atoms with van der Waals surface area (Å²) in [5.74, 6) is -0.251. The number of hydrogen-bond donors (Lipinski definition) is 1. The molecule has 0 spiro atoms. The second-order valence-electron chi connectivity index (χ2n) is 4.52. The van der Waals surface area contributed by atoms with Crippen LogP contribution < -0.4 is 5.32 Å². The number of amides is 1. The molecule has 3 nitrogen and oxygen atoms in total. The van der Waals surface area contributed by atoms with Crippen LogP contribution in [0.3, 0.4) is 0 Å². The van der Waals surface area contributed by atoms with Gasteiger partial charge in [-0.25, -0.2) is 0 Å². The average Bonchev–Trinajstić information content (AvgIpc) is 2.46. The summed E-state index contributed by atoms with van der Waals surface area (Å²) in [6, 6.07) is 7.91. The highest BCUT2D eigenvalue weighted by Crippen LogP contribution is 2.04. The highest BCUT2D eigenvalue weighted by Gasteiger charge is 2.08. The van der Waals surface area contributed by atoms with Gasteiger partial charge in [0.2, 0.25) is 5.91 Å². The molecule has 110 valence electrons. The fraction of sp³-hybridized carbons (Fsp3) is 0.176. The smallest absolute Gasteiger partial charge is 0.250 e. The van der Waals surface area contributed by atoms with Crippen molar-refractivity contribution in [2.75, 3.05) is 13.1 Å². The maximum Gasteiger partial charge on any atom is 0.250 e. The van der Waals surface area contributed by atoms with E-state index in [-0.39, 0.29) is 5.91 Å². The molecular weight excluding hydrogens is 280 g/mol. The predicted molar refractivity (Wildman–Crippen MR) is 92.9 cm³/mol. The number of benzene rings is 1. The molecule has 0 bridgehead atoms. The normalized spacial score (nSPS) is 10.1. The van der Waals surface area contributed by atoms with Gasteiger partial charge in [0.1, 0.15) is 0 Å². The van der Waals surface area contributed by atoms with E-state index in [4.69, 9.17) is 12.2 Å². The van der Waals surface area contributed by atoms with E-state index in [0.29, 0.717) is 18.2 Å². The number of carbonyl (C=O) groups is 1. The van der Waals surface area contributed by atoms with Crippen LogP contribution in [0.4, 0.5) is 0 Å². The Labute approximate surface area is 131 Å². The molecule has 0 aliphatic heterocycles. The zero-order valence-corrected chi connectivity index (χ0v) is 13.0. The summed E-state index contributed by atoms with van der Waals surface area (Å²) in [6.45, 7) is 10.5. The van der Waals surface area contributed by atoms with Crippen molar-refractivity contribution >= 4 is 29.3 Å². The van der Waals surface area contributed by atoms with Crippen molar-refractivity contribution in [1.29, 1.82) is 0 Å². The van der Waals surface area contributed by atoms with Gasteiger partial charge in [0.25, 0.3) is 0 Å². The number of carbonyl (C=O) groups excluding carboxylic acids is 1. The number of thiocarbonyl (C=S) groups is 1. The molecule has 0 fully saturated rings. The Morgan fingerprint density at radius 2 is 1.81 bits per heavy atom. The number of rotatable bonds is 6. The first-order valence-corrected chi connectivity index (χ1v) is 7.04. The van der Waals surface area contributed by atoms with Crippen molar-refractivity contribution in [3.8, 4) is 0 Å². The maximum atomic E-state index is 11.8. The molecule has 0 saturated carbocycles. The first kappa shape index (κ1) is 16.9. The molecule has 1 aromatic carbocycles. The molecule has 0 saturated heterocycles. The van der Waals surface area contributed by atoms with Crippen molar-refractivity contribution < 1.29 is 4.79 Å². The third kappa shape index (κ3) is 6.19. The number of aryl methyl sites for hydroxylation is 1. The largest absolute Gasteiger partial charge is 0.342 e. The molecule has 1 aromatic rings. The summed E-state index contributed by atoms with van der Waals surface area (Å²) < 4.78 is 0. The third-order valence-corrected chi connectivity index (χ3v) is 3.08. The van der Waals surface area contributed by atoms with Gasteiger partial charge in [-0.1, -0.05) is 42.0 Å². The van der Waals surface area contributed by atoms with E-state index in [0.717, 1.165) is 5.56 Å². The maximum absolute atomic E-state index is 11.8. The van der Waals surface area contributed by atoms with Gasteiger partial charge < -0.3 is 4.90 Å². The van der Waals surface area contributed by atoms with Gasteiger partial charge in [-0.3, -0.25) is 10.1 Å². The Morgan fingerprint density at radius 3 is 2.33 bits per heavy atom. The fourth-order valence-corrected chi connectivity index (χ4v) is 1.88. The summed E-state index contributed by atoms with van der Waals surface area (Å²) >= 11 is 5.20. The Morgan fingerprint density at radius 1 is 1.24 bits per heavy atom. The van der Waals surface area contributed by atoms with Gasteiger partial charge in [-0.05, 0) is 30.8 Å². The zero-order chi connectivity index (χ0) is 15.7. The van der Waals surface area contributed by atoms with Gasteiger partial charge in [-0.2, -0.15) is 0 Å². The van der Waals surface area contributed by atoms with Crippen molar-refractivity contribution in [3.63, 3.8) is 0 Å². The summed E-state index contributed by atoms with van der Waals surface area (Å²) in [5, 5.41) is 3.04. The van der Waals surface area contributed by atoms with E-state index in [1.165, 1.54) is 11.6 Å². The molecule has 1 rings (SSSR count). The van der Waals surface area contributed by atoms with E-state index in [2.05, 4.69) is 18.5 Å². The van der Waals surface area contributed by atoms with Crippen LogP contribution in [0, 0.1) is 6.92 Å². The van der Waals surface area contributed by atoms with Crippen molar-refractivity contribution in [1.82, 2.24) is 10.2 Å². The first-order valence-electron chi connectivity index (χ1n) is 6.63. The lowest BCUT2D eigenvalue weighted by molar-refractivity contribution is -0.115. The van der Waals surface area contributed by atoms with Crippen LogP contribution in [0.15, 0.2) is 55.7 Å². The van der Waals surface area contributed by atoms with Gasteiger partial charge in [-0.15, -0.1) is 13.2 Å². The molecule has 0 heterocycles. The Hall–Kier alpha value is -2.20. The molecule has 0 radical (unpaired) electrons. The molecule has 21 heavy (non-hydrogen) atoms. The lowest BCUT2D eigenvalue weighted by Gasteiger charge is -2.21. The highest BCUT2D eigenvalue weighted by atomic mass is 32.1. The van der Waals surface area contributed by atoms with Gasteiger partial charge in [0.15, 0.2) is 5.11 Å². The van der Waals surface area contributed by atoms with E-state index >= 15 is 0 Å². The summed E-state index contributed by atoms with van der Waals surface area (Å²) in [5.41, 5.74) is 2.15. The second-order valence-corrected chi connectivity index (χ2v) is 4.91. The van der Waals surface area contributed by atoms with Crippen molar-refractivity contribution in [3.05, 3.63) is 66.8 Å². The van der Waals surface area contributed by atoms with Gasteiger partial charge in [0.05, 0.1) is 0 Å². The summed E-state index contributed by atoms with van der Waals surface area (Å²) in [7, 11) is 0. The van der Waals surface area contributed by atoms with Crippen molar-refractivity contribution in [2.24, 2.45) is 0 Å². The summed E-state index contributed by atoms with van der Waals surface area (Å²) in [4.78, 5) is 13.6.